The van der Waals surface area contributed by atoms with Gasteiger partial charge in [0.05, 0.1) is 11.0 Å². The van der Waals surface area contributed by atoms with Crippen molar-refractivity contribution in [2.45, 2.75) is 13.2 Å². The minimum absolute atomic E-state index is 0.0771. The predicted molar refractivity (Wildman–Crippen MR) is 106 cm³/mol. The van der Waals surface area contributed by atoms with Gasteiger partial charge < -0.3 is 9.30 Å². The number of esters is 1. The van der Waals surface area contributed by atoms with Crippen molar-refractivity contribution in [3.05, 3.63) is 100 Å². The van der Waals surface area contributed by atoms with E-state index < -0.39 is 11.8 Å². The van der Waals surface area contributed by atoms with Crippen molar-refractivity contribution in [3.63, 3.8) is 0 Å². The highest BCUT2D eigenvalue weighted by Crippen LogP contribution is 2.23. The molecule has 4 aromatic rings. The lowest BCUT2D eigenvalue weighted by atomic mass is 10.2. The summed E-state index contributed by atoms with van der Waals surface area (Å²) >= 11 is 5.98. The van der Waals surface area contributed by atoms with E-state index in [2.05, 4.69) is 4.98 Å². The monoisotopic (exact) mass is 412 g/mol. The topological polar surface area (TPSA) is 44.1 Å². The first-order valence-corrected chi connectivity index (χ1v) is 9.19. The molecule has 2 heterocycles. The van der Waals surface area contributed by atoms with Crippen LogP contribution in [0.4, 0.5) is 8.78 Å². The highest BCUT2D eigenvalue weighted by atomic mass is 35.5. The maximum atomic E-state index is 13.6. The van der Waals surface area contributed by atoms with Crippen molar-refractivity contribution in [1.29, 1.82) is 0 Å². The summed E-state index contributed by atoms with van der Waals surface area (Å²) in [4.78, 5) is 17.0. The second-order valence-electron chi connectivity index (χ2n) is 6.49. The number of nitrogens with zero attached hydrogens (tertiary/aromatic N) is 2. The maximum Gasteiger partial charge on any atom is 0.355 e. The molecule has 0 unspecified atom stereocenters. The van der Waals surface area contributed by atoms with E-state index in [-0.39, 0.29) is 24.7 Å². The Morgan fingerprint density at radius 1 is 0.966 bits per heavy atom. The number of rotatable bonds is 5. The van der Waals surface area contributed by atoms with E-state index in [0.717, 1.165) is 0 Å². The molecule has 0 N–H and O–H groups in total. The summed E-state index contributed by atoms with van der Waals surface area (Å²) in [6.07, 6.45) is 0. The van der Waals surface area contributed by atoms with Crippen LogP contribution >= 0.6 is 11.6 Å². The number of halogens is 3. The zero-order valence-corrected chi connectivity index (χ0v) is 15.9. The predicted octanol–water partition coefficient (Wildman–Crippen LogP) is 5.37. The molecule has 2 aromatic heterocycles. The fourth-order valence-corrected chi connectivity index (χ4v) is 3.28. The summed E-state index contributed by atoms with van der Waals surface area (Å²) in [6, 6.07) is 16.9. The summed E-state index contributed by atoms with van der Waals surface area (Å²) in [7, 11) is 0. The van der Waals surface area contributed by atoms with Gasteiger partial charge in [0.25, 0.3) is 0 Å². The van der Waals surface area contributed by atoms with E-state index in [1.807, 2.05) is 0 Å². The molecule has 0 amide bonds. The fourth-order valence-electron chi connectivity index (χ4n) is 3.12. The molecule has 0 radical (unpaired) electrons. The molecule has 4 rings (SSSR count). The number of fused-ring (bicyclic) bond motifs is 1. The highest BCUT2D eigenvalue weighted by molar-refractivity contribution is 6.29. The Balaban J connectivity index is 1.67. The third-order valence-corrected chi connectivity index (χ3v) is 4.63. The summed E-state index contributed by atoms with van der Waals surface area (Å²) in [5.74, 6) is -1.37. The second kappa shape index (κ2) is 8.01. The van der Waals surface area contributed by atoms with Gasteiger partial charge in [-0.15, -0.1) is 0 Å². The molecule has 4 nitrogen and oxygen atoms in total. The number of hydrogen-bond acceptors (Lipinski definition) is 3. The van der Waals surface area contributed by atoms with Crippen LogP contribution in [-0.2, 0) is 17.9 Å². The van der Waals surface area contributed by atoms with Crippen molar-refractivity contribution in [2.75, 3.05) is 0 Å². The number of benzene rings is 2. The highest BCUT2D eigenvalue weighted by Gasteiger charge is 2.19. The summed E-state index contributed by atoms with van der Waals surface area (Å²) in [6.45, 7) is 0.168. The third kappa shape index (κ3) is 4.27. The number of ether oxygens (including phenoxy) is 1. The van der Waals surface area contributed by atoms with Crippen molar-refractivity contribution in [3.8, 4) is 0 Å². The standard InChI is InChI=1S/C22H15ClF2N2O2/c23-21-8-7-19-18(26-21)11-20(27(19)12-14-3-1-5-16(24)9-14)22(28)29-13-15-4-2-6-17(25)10-15/h1-11H,12-13H2. The van der Waals surface area contributed by atoms with Crippen LogP contribution in [-0.4, -0.2) is 15.5 Å². The molecular weight excluding hydrogens is 398 g/mol. The Kier molecular flexibility index (Phi) is 5.27. The molecule has 0 saturated carbocycles. The van der Waals surface area contributed by atoms with Gasteiger partial charge in [-0.1, -0.05) is 35.9 Å². The van der Waals surface area contributed by atoms with E-state index >= 15 is 0 Å². The van der Waals surface area contributed by atoms with Gasteiger partial charge in [0.15, 0.2) is 0 Å². The molecule has 146 valence electrons. The molecule has 0 spiro atoms. The van der Waals surface area contributed by atoms with Crippen LogP contribution < -0.4 is 0 Å². The number of aromatic nitrogens is 2. The third-order valence-electron chi connectivity index (χ3n) is 4.42. The first kappa shape index (κ1) is 19.1. The van der Waals surface area contributed by atoms with Crippen LogP contribution in [0.15, 0.2) is 66.7 Å². The Labute approximate surface area is 170 Å². The average molecular weight is 413 g/mol. The molecule has 2 aromatic carbocycles. The molecule has 29 heavy (non-hydrogen) atoms. The fraction of sp³-hybridized carbons (Fsp3) is 0.0909. The van der Waals surface area contributed by atoms with E-state index in [1.54, 1.807) is 47.0 Å². The van der Waals surface area contributed by atoms with E-state index in [1.165, 1.54) is 24.3 Å². The Morgan fingerprint density at radius 3 is 2.38 bits per heavy atom. The Morgan fingerprint density at radius 2 is 1.66 bits per heavy atom. The van der Waals surface area contributed by atoms with E-state index in [9.17, 15) is 13.6 Å². The molecule has 7 heteroatoms. The quantitative estimate of drug-likeness (QED) is 0.327. The number of carbonyl (C=O) groups is 1. The van der Waals surface area contributed by atoms with Gasteiger partial charge in [0, 0.05) is 6.54 Å². The van der Waals surface area contributed by atoms with Crippen molar-refractivity contribution < 1.29 is 18.3 Å². The van der Waals surface area contributed by atoms with E-state index in [4.69, 9.17) is 16.3 Å². The van der Waals surface area contributed by atoms with Gasteiger partial charge in [-0.05, 0) is 53.6 Å². The van der Waals surface area contributed by atoms with Crippen LogP contribution in [0.5, 0.6) is 0 Å². The largest absolute Gasteiger partial charge is 0.456 e. The second-order valence-corrected chi connectivity index (χ2v) is 6.88. The van der Waals surface area contributed by atoms with Gasteiger partial charge in [-0.2, -0.15) is 0 Å². The number of hydrogen-bond donors (Lipinski definition) is 0. The molecule has 0 fully saturated rings. The van der Waals surface area contributed by atoms with Crippen LogP contribution in [0, 0.1) is 11.6 Å². The van der Waals surface area contributed by atoms with Gasteiger partial charge in [0.1, 0.15) is 29.1 Å². The lowest BCUT2D eigenvalue weighted by molar-refractivity contribution is 0.0461. The van der Waals surface area contributed by atoms with Crippen molar-refractivity contribution >= 4 is 28.6 Å². The lowest BCUT2D eigenvalue weighted by Gasteiger charge is -2.11. The zero-order chi connectivity index (χ0) is 20.4. The van der Waals surface area contributed by atoms with Crippen molar-refractivity contribution in [2.24, 2.45) is 0 Å². The summed E-state index contributed by atoms with van der Waals surface area (Å²) < 4.78 is 34.0. The molecular formula is C22H15ClF2N2O2. The summed E-state index contributed by atoms with van der Waals surface area (Å²) in [5.41, 5.74) is 2.64. The van der Waals surface area contributed by atoms with Crippen LogP contribution in [0.25, 0.3) is 11.0 Å². The smallest absolute Gasteiger partial charge is 0.355 e. The maximum absolute atomic E-state index is 13.6. The minimum Gasteiger partial charge on any atom is -0.456 e. The van der Waals surface area contributed by atoms with Crippen molar-refractivity contribution in [1.82, 2.24) is 9.55 Å². The van der Waals surface area contributed by atoms with Crippen LogP contribution in [0.1, 0.15) is 21.6 Å². The molecule has 0 aliphatic carbocycles. The average Bonchev–Trinajstić information content (AvgIpc) is 3.04. The van der Waals surface area contributed by atoms with Gasteiger partial charge in [0.2, 0.25) is 0 Å². The molecule has 0 aliphatic rings. The molecule has 0 bridgehead atoms. The molecule has 0 atom stereocenters. The minimum atomic E-state index is -0.597. The van der Waals surface area contributed by atoms with Gasteiger partial charge in [-0.3, -0.25) is 0 Å². The number of pyridine rings is 1. The lowest BCUT2D eigenvalue weighted by Crippen LogP contribution is -2.13. The zero-order valence-electron chi connectivity index (χ0n) is 15.1. The van der Waals surface area contributed by atoms with E-state index in [0.29, 0.717) is 27.3 Å². The van der Waals surface area contributed by atoms with Gasteiger partial charge >= 0.3 is 5.97 Å². The van der Waals surface area contributed by atoms with Crippen LogP contribution in [0.2, 0.25) is 5.15 Å². The summed E-state index contributed by atoms with van der Waals surface area (Å²) in [5, 5.41) is 0.292. The number of carbonyl (C=O) groups excluding carboxylic acids is 1. The molecule has 0 saturated heterocycles. The van der Waals surface area contributed by atoms with Gasteiger partial charge in [-0.25, -0.2) is 18.6 Å². The van der Waals surface area contributed by atoms with Crippen LogP contribution in [0.3, 0.4) is 0 Å². The Bertz CT molecular complexity index is 1210. The Hall–Kier alpha value is -3.25. The normalized spacial score (nSPS) is 11.0. The molecule has 0 aliphatic heterocycles. The first-order chi connectivity index (χ1) is 14.0. The first-order valence-electron chi connectivity index (χ1n) is 8.81. The SMILES string of the molecule is O=C(OCc1cccc(F)c1)c1cc2nc(Cl)ccc2n1Cc1cccc(F)c1.